The number of rotatable bonds is 5. The van der Waals surface area contributed by atoms with Crippen molar-refractivity contribution in [1.82, 2.24) is 10.6 Å². The van der Waals surface area contributed by atoms with Crippen LogP contribution in [-0.4, -0.2) is 38.3 Å². The van der Waals surface area contributed by atoms with Crippen LogP contribution in [0.2, 0.25) is 0 Å². The lowest BCUT2D eigenvalue weighted by molar-refractivity contribution is -0.124. The molecule has 1 aliphatic rings. The van der Waals surface area contributed by atoms with E-state index in [1.54, 1.807) is 11.3 Å². The van der Waals surface area contributed by atoms with Crippen LogP contribution in [0, 0.1) is 0 Å². The predicted molar refractivity (Wildman–Crippen MR) is 83.2 cm³/mol. The van der Waals surface area contributed by atoms with Crippen molar-refractivity contribution < 1.29 is 9.53 Å². The molecule has 4 nitrogen and oxygen atoms in total. The molecule has 108 valence electrons. The van der Waals surface area contributed by atoms with E-state index in [1.165, 1.54) is 4.88 Å². The van der Waals surface area contributed by atoms with Crippen LogP contribution in [0.3, 0.4) is 0 Å². The first-order valence-corrected chi connectivity index (χ1v) is 7.68. The zero-order valence-electron chi connectivity index (χ0n) is 10.5. The molecule has 0 spiro atoms. The van der Waals surface area contributed by atoms with Crippen molar-refractivity contribution in [3.8, 4) is 0 Å². The van der Waals surface area contributed by atoms with Crippen molar-refractivity contribution in [2.24, 2.45) is 0 Å². The summed E-state index contributed by atoms with van der Waals surface area (Å²) in [6.07, 6.45) is 1.35. The number of amides is 1. The monoisotopic (exact) mass is 368 g/mol. The van der Waals surface area contributed by atoms with Gasteiger partial charge in [0, 0.05) is 24.5 Å². The minimum Gasteiger partial charge on any atom is -0.375 e. The number of hydrogen-bond acceptors (Lipinski definition) is 4. The van der Waals surface area contributed by atoms with Gasteiger partial charge in [-0.15, -0.1) is 23.7 Å². The van der Waals surface area contributed by atoms with Gasteiger partial charge < -0.3 is 15.4 Å². The van der Waals surface area contributed by atoms with Crippen molar-refractivity contribution >= 4 is 45.6 Å². The van der Waals surface area contributed by atoms with Crippen LogP contribution in [0.5, 0.6) is 0 Å². The Labute approximate surface area is 131 Å². The molecule has 19 heavy (non-hydrogen) atoms. The van der Waals surface area contributed by atoms with Crippen LogP contribution >= 0.6 is 39.7 Å². The molecule has 1 aliphatic heterocycles. The fourth-order valence-electron chi connectivity index (χ4n) is 1.84. The van der Waals surface area contributed by atoms with Crippen LogP contribution in [-0.2, 0) is 16.0 Å². The zero-order chi connectivity index (χ0) is 12.8. The molecule has 1 aromatic rings. The van der Waals surface area contributed by atoms with Gasteiger partial charge in [-0.25, -0.2) is 0 Å². The number of ether oxygens (including phenoxy) is 1. The van der Waals surface area contributed by atoms with Gasteiger partial charge in [-0.1, -0.05) is 0 Å². The topological polar surface area (TPSA) is 50.4 Å². The number of morpholine rings is 1. The van der Waals surface area contributed by atoms with Gasteiger partial charge in [-0.05, 0) is 34.5 Å². The Kier molecular flexibility index (Phi) is 7.94. The fraction of sp³-hybridized carbons (Fsp3) is 0.583. The molecule has 0 radical (unpaired) electrons. The second kappa shape index (κ2) is 8.92. The number of carbonyl (C=O) groups is 1. The third kappa shape index (κ3) is 6.23. The summed E-state index contributed by atoms with van der Waals surface area (Å²) in [5.74, 6) is 0.0688. The molecule has 1 atom stereocenters. The third-order valence-corrected chi connectivity index (χ3v) is 4.42. The van der Waals surface area contributed by atoms with E-state index >= 15 is 0 Å². The molecule has 1 fully saturated rings. The Hall–Kier alpha value is -0.140. The van der Waals surface area contributed by atoms with E-state index in [9.17, 15) is 4.79 Å². The largest absolute Gasteiger partial charge is 0.375 e. The summed E-state index contributed by atoms with van der Waals surface area (Å²) in [5, 5.41) is 6.15. The highest BCUT2D eigenvalue weighted by Gasteiger charge is 2.16. The summed E-state index contributed by atoms with van der Waals surface area (Å²) in [6.45, 7) is 3.03. The first-order valence-electron chi connectivity index (χ1n) is 6.07. The van der Waals surface area contributed by atoms with Crippen LogP contribution in [0.15, 0.2) is 15.9 Å². The van der Waals surface area contributed by atoms with Crippen molar-refractivity contribution in [2.45, 2.75) is 18.9 Å². The fourth-order valence-corrected chi connectivity index (χ4v) is 3.32. The van der Waals surface area contributed by atoms with Crippen molar-refractivity contribution in [1.29, 1.82) is 0 Å². The molecule has 1 aromatic heterocycles. The Balaban J connectivity index is 0.00000180. The SMILES string of the molecule is Cl.O=C(CC1CNCCO1)NCCc1ccc(Br)s1. The predicted octanol–water partition coefficient (Wildman–Crippen LogP) is 1.97. The summed E-state index contributed by atoms with van der Waals surface area (Å²) in [5.41, 5.74) is 0. The van der Waals surface area contributed by atoms with Gasteiger partial charge in [0.05, 0.1) is 22.9 Å². The molecular weight excluding hydrogens is 352 g/mol. The van der Waals surface area contributed by atoms with Gasteiger partial charge in [0.2, 0.25) is 5.91 Å². The minimum absolute atomic E-state index is 0. The number of hydrogen-bond donors (Lipinski definition) is 2. The van der Waals surface area contributed by atoms with Gasteiger partial charge in [-0.3, -0.25) is 4.79 Å². The Morgan fingerprint density at radius 3 is 3.05 bits per heavy atom. The highest BCUT2D eigenvalue weighted by Crippen LogP contribution is 2.22. The maximum atomic E-state index is 11.7. The third-order valence-electron chi connectivity index (χ3n) is 2.74. The minimum atomic E-state index is 0. The Morgan fingerprint density at radius 2 is 2.42 bits per heavy atom. The standard InChI is InChI=1S/C12H17BrN2O2S.ClH/c13-11-2-1-10(18-11)3-4-15-12(16)7-9-8-14-5-6-17-9;/h1-2,9,14H,3-8H2,(H,15,16);1H. The summed E-state index contributed by atoms with van der Waals surface area (Å²) >= 11 is 5.13. The molecule has 1 amide bonds. The lowest BCUT2D eigenvalue weighted by Crippen LogP contribution is -2.41. The highest BCUT2D eigenvalue weighted by atomic mass is 79.9. The molecule has 0 aliphatic carbocycles. The lowest BCUT2D eigenvalue weighted by atomic mass is 10.2. The molecule has 1 saturated heterocycles. The van der Waals surface area contributed by atoms with Crippen molar-refractivity contribution in [3.05, 3.63) is 20.8 Å². The maximum Gasteiger partial charge on any atom is 0.222 e. The molecule has 1 unspecified atom stereocenters. The number of thiophene rings is 1. The molecule has 2 N–H and O–H groups in total. The molecular formula is C12H18BrClN2O2S. The van der Waals surface area contributed by atoms with Crippen LogP contribution in [0.25, 0.3) is 0 Å². The van der Waals surface area contributed by atoms with Gasteiger partial charge >= 0.3 is 0 Å². The Morgan fingerprint density at radius 1 is 1.58 bits per heavy atom. The van der Waals surface area contributed by atoms with Gasteiger partial charge in [0.1, 0.15) is 0 Å². The van der Waals surface area contributed by atoms with Crippen molar-refractivity contribution in [2.75, 3.05) is 26.2 Å². The molecule has 2 rings (SSSR count). The average molecular weight is 370 g/mol. The molecule has 0 bridgehead atoms. The molecule has 2 heterocycles. The lowest BCUT2D eigenvalue weighted by Gasteiger charge is -2.22. The first kappa shape index (κ1) is 16.9. The zero-order valence-corrected chi connectivity index (χ0v) is 13.7. The van der Waals surface area contributed by atoms with E-state index < -0.39 is 0 Å². The van der Waals surface area contributed by atoms with E-state index in [0.717, 1.165) is 23.3 Å². The summed E-state index contributed by atoms with van der Waals surface area (Å²) in [4.78, 5) is 13.0. The quantitative estimate of drug-likeness (QED) is 0.834. The van der Waals surface area contributed by atoms with Crippen molar-refractivity contribution in [3.63, 3.8) is 0 Å². The first-order chi connectivity index (χ1) is 8.74. The van der Waals surface area contributed by atoms with Crippen LogP contribution in [0.1, 0.15) is 11.3 Å². The van der Waals surface area contributed by atoms with E-state index in [0.29, 0.717) is 19.6 Å². The van der Waals surface area contributed by atoms with E-state index in [4.69, 9.17) is 4.74 Å². The summed E-state index contributed by atoms with van der Waals surface area (Å²) in [7, 11) is 0. The van der Waals surface area contributed by atoms with Crippen LogP contribution < -0.4 is 10.6 Å². The number of nitrogens with one attached hydrogen (secondary N) is 2. The summed E-state index contributed by atoms with van der Waals surface area (Å²) in [6, 6.07) is 4.11. The van der Waals surface area contributed by atoms with E-state index in [1.807, 2.05) is 6.07 Å². The molecule has 0 aromatic carbocycles. The van der Waals surface area contributed by atoms with Gasteiger partial charge in [0.25, 0.3) is 0 Å². The average Bonchev–Trinajstić information content (AvgIpc) is 2.76. The number of halogens is 2. The maximum absolute atomic E-state index is 11.7. The smallest absolute Gasteiger partial charge is 0.222 e. The molecule has 7 heteroatoms. The highest BCUT2D eigenvalue weighted by molar-refractivity contribution is 9.11. The van der Waals surface area contributed by atoms with Crippen LogP contribution in [0.4, 0.5) is 0 Å². The second-order valence-electron chi connectivity index (χ2n) is 4.21. The molecule has 0 saturated carbocycles. The normalized spacial score (nSPS) is 18.7. The number of carbonyl (C=O) groups excluding carboxylic acids is 1. The van der Waals surface area contributed by atoms with E-state index in [2.05, 4.69) is 32.6 Å². The van der Waals surface area contributed by atoms with E-state index in [-0.39, 0.29) is 24.4 Å². The van der Waals surface area contributed by atoms with Gasteiger partial charge in [-0.2, -0.15) is 0 Å². The Bertz CT molecular complexity index is 397. The second-order valence-corrected chi connectivity index (χ2v) is 6.75. The summed E-state index contributed by atoms with van der Waals surface area (Å²) < 4.78 is 6.62. The van der Waals surface area contributed by atoms with Gasteiger partial charge in [0.15, 0.2) is 0 Å².